The van der Waals surface area contributed by atoms with E-state index in [-0.39, 0.29) is 0 Å². The van der Waals surface area contributed by atoms with Gasteiger partial charge < -0.3 is 0 Å². The van der Waals surface area contributed by atoms with Crippen molar-refractivity contribution in [2.45, 2.75) is 33.2 Å². The Balaban J connectivity index is 2.51. The molecule has 0 radical (unpaired) electrons. The third-order valence-electron chi connectivity index (χ3n) is 2.10. The summed E-state index contributed by atoms with van der Waals surface area (Å²) in [7, 11) is 0. The van der Waals surface area contributed by atoms with Crippen LogP contribution in [0.3, 0.4) is 0 Å². The van der Waals surface area contributed by atoms with Crippen LogP contribution in [0.2, 0.25) is 0 Å². The fourth-order valence-corrected chi connectivity index (χ4v) is 1.47. The second-order valence-corrected chi connectivity index (χ2v) is 3.79. The molecule has 0 aromatic carbocycles. The molecule has 1 aromatic rings. The Bertz CT molecular complexity index is 302. The number of aryl methyl sites for hydroxylation is 1. The lowest BCUT2D eigenvalue weighted by Crippen LogP contribution is -1.92. The molecule has 0 N–H and O–H groups in total. The molecule has 0 saturated carbocycles. The van der Waals surface area contributed by atoms with Crippen LogP contribution in [0, 0.1) is 0 Å². The van der Waals surface area contributed by atoms with Crippen molar-refractivity contribution in [1.82, 2.24) is 9.78 Å². The highest BCUT2D eigenvalue weighted by Gasteiger charge is 1.97. The molecule has 0 bridgehead atoms. The number of hydrogen-bond donors (Lipinski definition) is 0. The number of halogens is 1. The second kappa shape index (κ2) is 5.86. The van der Waals surface area contributed by atoms with Crippen molar-refractivity contribution < 1.29 is 0 Å². The first-order valence-electron chi connectivity index (χ1n) is 4.99. The maximum absolute atomic E-state index is 5.61. The molecule has 0 aliphatic carbocycles. The average Bonchev–Trinajstić information content (AvgIpc) is 2.62. The third-order valence-corrected chi connectivity index (χ3v) is 2.31. The Labute approximate surface area is 90.6 Å². The molecule has 78 valence electrons. The van der Waals surface area contributed by atoms with Crippen molar-refractivity contribution >= 4 is 11.6 Å². The van der Waals surface area contributed by atoms with Crippen molar-refractivity contribution in [1.29, 1.82) is 0 Å². The molecule has 0 fully saturated rings. The van der Waals surface area contributed by atoms with E-state index in [1.807, 2.05) is 10.9 Å². The summed E-state index contributed by atoms with van der Waals surface area (Å²) in [5, 5.41) is 4.23. The molecule has 0 aliphatic rings. The average molecular weight is 213 g/mol. The summed E-state index contributed by atoms with van der Waals surface area (Å²) in [6, 6.07) is 0. The van der Waals surface area contributed by atoms with E-state index in [2.05, 4.69) is 31.2 Å². The van der Waals surface area contributed by atoms with Gasteiger partial charge in [-0.2, -0.15) is 5.10 Å². The van der Waals surface area contributed by atoms with Gasteiger partial charge in [-0.3, -0.25) is 4.68 Å². The summed E-state index contributed by atoms with van der Waals surface area (Å²) in [5.74, 6) is 0.700. The zero-order valence-corrected chi connectivity index (χ0v) is 9.59. The van der Waals surface area contributed by atoms with Crippen LogP contribution in [0.25, 0.3) is 0 Å². The SMILES string of the molecule is CCn1cc(CC(C)=CCCCl)cn1. The van der Waals surface area contributed by atoms with E-state index in [1.54, 1.807) is 0 Å². The van der Waals surface area contributed by atoms with E-state index < -0.39 is 0 Å². The first-order chi connectivity index (χ1) is 6.76. The highest BCUT2D eigenvalue weighted by Crippen LogP contribution is 2.07. The zero-order chi connectivity index (χ0) is 10.4. The van der Waals surface area contributed by atoms with E-state index in [0.29, 0.717) is 5.88 Å². The molecule has 0 amide bonds. The first kappa shape index (κ1) is 11.3. The van der Waals surface area contributed by atoms with Crippen LogP contribution in [0.5, 0.6) is 0 Å². The van der Waals surface area contributed by atoms with Crippen LogP contribution in [0.4, 0.5) is 0 Å². The Morgan fingerprint density at radius 2 is 2.43 bits per heavy atom. The molecule has 0 saturated heterocycles. The Kier molecular flexibility index (Phi) is 4.74. The largest absolute Gasteiger partial charge is 0.273 e. The van der Waals surface area contributed by atoms with Gasteiger partial charge in [0, 0.05) is 18.6 Å². The lowest BCUT2D eigenvalue weighted by molar-refractivity contribution is 0.659. The number of nitrogens with zero attached hydrogens (tertiary/aromatic N) is 2. The summed E-state index contributed by atoms with van der Waals surface area (Å²) in [6.07, 6.45) is 8.15. The summed E-state index contributed by atoms with van der Waals surface area (Å²) in [6.45, 7) is 5.16. The maximum atomic E-state index is 5.61. The maximum Gasteiger partial charge on any atom is 0.0525 e. The number of allylic oxidation sites excluding steroid dienone is 2. The summed E-state index contributed by atoms with van der Waals surface area (Å²) in [5.41, 5.74) is 2.64. The summed E-state index contributed by atoms with van der Waals surface area (Å²) in [4.78, 5) is 0. The lowest BCUT2D eigenvalue weighted by Gasteiger charge is -1.97. The molecule has 1 rings (SSSR count). The normalized spacial score (nSPS) is 12.1. The zero-order valence-electron chi connectivity index (χ0n) is 8.83. The molecule has 2 nitrogen and oxygen atoms in total. The minimum absolute atomic E-state index is 0.700. The molecule has 0 aliphatic heterocycles. The number of aromatic nitrogens is 2. The fourth-order valence-electron chi connectivity index (χ4n) is 1.37. The van der Waals surface area contributed by atoms with E-state index in [4.69, 9.17) is 11.6 Å². The van der Waals surface area contributed by atoms with Gasteiger partial charge in [-0.25, -0.2) is 0 Å². The number of rotatable bonds is 5. The first-order valence-corrected chi connectivity index (χ1v) is 5.52. The highest BCUT2D eigenvalue weighted by atomic mass is 35.5. The minimum Gasteiger partial charge on any atom is -0.273 e. The van der Waals surface area contributed by atoms with Gasteiger partial charge in [0.25, 0.3) is 0 Å². The van der Waals surface area contributed by atoms with Crippen LogP contribution in [0.1, 0.15) is 25.8 Å². The Hall–Kier alpha value is -0.760. The Morgan fingerprint density at radius 3 is 3.00 bits per heavy atom. The van der Waals surface area contributed by atoms with Gasteiger partial charge in [-0.05, 0) is 32.3 Å². The van der Waals surface area contributed by atoms with Gasteiger partial charge in [-0.1, -0.05) is 11.6 Å². The number of alkyl halides is 1. The molecule has 1 aromatic heterocycles. The van der Waals surface area contributed by atoms with Crippen molar-refractivity contribution in [3.05, 3.63) is 29.6 Å². The fraction of sp³-hybridized carbons (Fsp3) is 0.545. The number of hydrogen-bond acceptors (Lipinski definition) is 1. The van der Waals surface area contributed by atoms with Crippen molar-refractivity contribution in [2.75, 3.05) is 5.88 Å². The van der Waals surface area contributed by atoms with Crippen LogP contribution in [-0.2, 0) is 13.0 Å². The summed E-state index contributed by atoms with van der Waals surface area (Å²) < 4.78 is 1.95. The van der Waals surface area contributed by atoms with E-state index in [1.165, 1.54) is 11.1 Å². The third kappa shape index (κ3) is 3.54. The molecule has 0 atom stereocenters. The van der Waals surface area contributed by atoms with Gasteiger partial charge in [0.1, 0.15) is 0 Å². The Morgan fingerprint density at radius 1 is 1.64 bits per heavy atom. The molecule has 14 heavy (non-hydrogen) atoms. The molecule has 0 unspecified atom stereocenters. The summed E-state index contributed by atoms with van der Waals surface area (Å²) >= 11 is 5.61. The van der Waals surface area contributed by atoms with Gasteiger partial charge in [0.2, 0.25) is 0 Å². The quantitative estimate of drug-likeness (QED) is 0.542. The van der Waals surface area contributed by atoms with E-state index in [9.17, 15) is 0 Å². The van der Waals surface area contributed by atoms with Crippen molar-refractivity contribution in [3.63, 3.8) is 0 Å². The molecule has 0 spiro atoms. The molecule has 1 heterocycles. The predicted molar refractivity (Wildman–Crippen MR) is 60.7 cm³/mol. The van der Waals surface area contributed by atoms with E-state index in [0.717, 1.165) is 19.4 Å². The van der Waals surface area contributed by atoms with E-state index >= 15 is 0 Å². The smallest absolute Gasteiger partial charge is 0.0525 e. The van der Waals surface area contributed by atoms with Crippen molar-refractivity contribution in [3.8, 4) is 0 Å². The minimum atomic E-state index is 0.700. The predicted octanol–water partition coefficient (Wildman–Crippen LogP) is 3.02. The van der Waals surface area contributed by atoms with Gasteiger partial charge in [-0.15, -0.1) is 11.6 Å². The molecular formula is C11H17ClN2. The van der Waals surface area contributed by atoms with Crippen LogP contribution < -0.4 is 0 Å². The topological polar surface area (TPSA) is 17.8 Å². The highest BCUT2D eigenvalue weighted by molar-refractivity contribution is 6.17. The van der Waals surface area contributed by atoms with Gasteiger partial charge in [0.15, 0.2) is 0 Å². The monoisotopic (exact) mass is 212 g/mol. The standard InChI is InChI=1S/C11H17ClN2/c1-3-14-9-11(8-13-14)7-10(2)5-4-6-12/h5,8-9H,3-4,6-7H2,1-2H3. The van der Waals surface area contributed by atoms with Crippen LogP contribution in [0.15, 0.2) is 24.0 Å². The second-order valence-electron chi connectivity index (χ2n) is 3.41. The van der Waals surface area contributed by atoms with Crippen LogP contribution >= 0.6 is 11.6 Å². The van der Waals surface area contributed by atoms with Gasteiger partial charge >= 0.3 is 0 Å². The molecule has 3 heteroatoms. The molecular weight excluding hydrogens is 196 g/mol. The van der Waals surface area contributed by atoms with Crippen molar-refractivity contribution in [2.24, 2.45) is 0 Å². The van der Waals surface area contributed by atoms with Gasteiger partial charge in [0.05, 0.1) is 6.20 Å². The lowest BCUT2D eigenvalue weighted by atomic mass is 10.1. The van der Waals surface area contributed by atoms with Crippen LogP contribution in [-0.4, -0.2) is 15.7 Å².